The van der Waals surface area contributed by atoms with E-state index in [-0.39, 0.29) is 6.09 Å². The van der Waals surface area contributed by atoms with Crippen LogP contribution in [0.25, 0.3) is 0 Å². The van der Waals surface area contributed by atoms with E-state index in [1.54, 1.807) is 0 Å². The van der Waals surface area contributed by atoms with Gasteiger partial charge in [-0.1, -0.05) is 35.9 Å². The number of alkyl halides is 1. The predicted octanol–water partition coefficient (Wildman–Crippen LogP) is 3.21. The molecule has 1 heterocycles. The van der Waals surface area contributed by atoms with Crippen molar-refractivity contribution in [3.05, 3.63) is 0 Å². The number of nitrogens with zero attached hydrogens (tertiary/aromatic N) is 1. The third kappa shape index (κ3) is 2.63. The van der Waals surface area contributed by atoms with Gasteiger partial charge in [-0.3, -0.25) is 0 Å². The maximum absolute atomic E-state index is 11.6. The van der Waals surface area contributed by atoms with Gasteiger partial charge in [0.2, 0.25) is 0 Å². The third-order valence-corrected chi connectivity index (χ3v) is 4.74. The van der Waals surface area contributed by atoms with E-state index in [0.29, 0.717) is 12.0 Å². The van der Waals surface area contributed by atoms with Crippen LogP contribution < -0.4 is 0 Å². The first-order valence-electron chi connectivity index (χ1n) is 6.21. The van der Waals surface area contributed by atoms with Crippen molar-refractivity contribution in [3.63, 3.8) is 0 Å². The molecular weight excluding hydrogens is 317 g/mol. The van der Waals surface area contributed by atoms with Crippen LogP contribution in [0.1, 0.15) is 39.0 Å². The molecule has 92 valence electrons. The number of amides is 1. The summed E-state index contributed by atoms with van der Waals surface area (Å²) >= 11 is 2.53. The highest BCUT2D eigenvalue weighted by Gasteiger charge is 2.49. The zero-order chi connectivity index (χ0) is 11.6. The zero-order valence-electron chi connectivity index (χ0n) is 9.88. The van der Waals surface area contributed by atoms with Crippen LogP contribution in [0.2, 0.25) is 0 Å². The van der Waals surface area contributed by atoms with Crippen molar-refractivity contribution in [2.75, 3.05) is 19.7 Å². The molecule has 0 bridgehead atoms. The standard InChI is InChI=1S/C12H20INO2/c1-2-3-6-16-11(15)14-8-12(9-14)5-4-10(13)7-12/h10H,2-9H2,1H3. The van der Waals surface area contributed by atoms with Crippen molar-refractivity contribution in [2.24, 2.45) is 5.41 Å². The number of carbonyl (C=O) groups excluding carboxylic acids is 1. The molecule has 1 saturated heterocycles. The Balaban J connectivity index is 1.69. The first-order valence-corrected chi connectivity index (χ1v) is 7.45. The minimum absolute atomic E-state index is 0.101. The number of halogens is 1. The van der Waals surface area contributed by atoms with Crippen LogP contribution >= 0.6 is 22.6 Å². The van der Waals surface area contributed by atoms with Gasteiger partial charge in [0, 0.05) is 22.4 Å². The van der Waals surface area contributed by atoms with Crippen molar-refractivity contribution in [1.82, 2.24) is 4.90 Å². The molecule has 16 heavy (non-hydrogen) atoms. The summed E-state index contributed by atoms with van der Waals surface area (Å²) in [5.41, 5.74) is 0.454. The van der Waals surface area contributed by atoms with E-state index < -0.39 is 0 Å². The van der Waals surface area contributed by atoms with E-state index in [1.807, 2.05) is 4.90 Å². The fourth-order valence-electron chi connectivity index (χ4n) is 2.71. The summed E-state index contributed by atoms with van der Waals surface area (Å²) in [7, 11) is 0. The van der Waals surface area contributed by atoms with E-state index in [2.05, 4.69) is 29.5 Å². The zero-order valence-corrected chi connectivity index (χ0v) is 12.0. The average molecular weight is 337 g/mol. The van der Waals surface area contributed by atoms with Crippen LogP contribution in [-0.2, 0) is 4.74 Å². The molecule has 0 aromatic rings. The van der Waals surface area contributed by atoms with Crippen molar-refractivity contribution < 1.29 is 9.53 Å². The van der Waals surface area contributed by atoms with Crippen LogP contribution in [0, 0.1) is 5.41 Å². The van der Waals surface area contributed by atoms with Gasteiger partial charge < -0.3 is 9.64 Å². The Morgan fingerprint density at radius 2 is 2.31 bits per heavy atom. The SMILES string of the molecule is CCCCOC(=O)N1CC2(CCC(I)C2)C1. The third-order valence-electron chi connectivity index (χ3n) is 3.68. The fraction of sp³-hybridized carbons (Fsp3) is 0.917. The number of rotatable bonds is 3. The fourth-order valence-corrected chi connectivity index (χ4v) is 3.96. The molecule has 4 heteroatoms. The normalized spacial score (nSPS) is 26.9. The highest BCUT2D eigenvalue weighted by molar-refractivity contribution is 14.1. The summed E-state index contributed by atoms with van der Waals surface area (Å²) in [5, 5.41) is 0. The molecule has 1 atom stereocenters. The molecule has 0 N–H and O–H groups in total. The summed E-state index contributed by atoms with van der Waals surface area (Å²) in [4.78, 5) is 13.5. The van der Waals surface area contributed by atoms with Gasteiger partial charge in [-0.15, -0.1) is 0 Å². The van der Waals surface area contributed by atoms with Crippen LogP contribution in [0.3, 0.4) is 0 Å². The molecule has 3 nitrogen and oxygen atoms in total. The van der Waals surface area contributed by atoms with Crippen LogP contribution in [-0.4, -0.2) is 34.6 Å². The van der Waals surface area contributed by atoms with Gasteiger partial charge in [-0.05, 0) is 25.7 Å². The van der Waals surface area contributed by atoms with E-state index in [4.69, 9.17) is 4.74 Å². The Hall–Kier alpha value is 0. The molecule has 0 radical (unpaired) electrons. The summed E-state index contributed by atoms with van der Waals surface area (Å²) < 4.78 is 6.02. The van der Waals surface area contributed by atoms with Crippen LogP contribution in [0.15, 0.2) is 0 Å². The average Bonchev–Trinajstić information content (AvgIpc) is 2.58. The second-order valence-corrected chi connectivity index (χ2v) is 6.93. The summed E-state index contributed by atoms with van der Waals surface area (Å²) in [6, 6.07) is 0. The van der Waals surface area contributed by atoms with Gasteiger partial charge in [-0.25, -0.2) is 4.79 Å². The largest absolute Gasteiger partial charge is 0.449 e. The minimum atomic E-state index is -0.101. The Morgan fingerprint density at radius 3 is 2.88 bits per heavy atom. The van der Waals surface area contributed by atoms with Crippen molar-refractivity contribution in [2.45, 2.75) is 43.0 Å². The highest BCUT2D eigenvalue weighted by atomic mass is 127. The van der Waals surface area contributed by atoms with Crippen LogP contribution in [0.5, 0.6) is 0 Å². The Bertz CT molecular complexity index is 264. The van der Waals surface area contributed by atoms with Crippen molar-refractivity contribution in [1.29, 1.82) is 0 Å². The summed E-state index contributed by atoms with van der Waals surface area (Å²) in [6.07, 6.45) is 5.84. The number of hydrogen-bond donors (Lipinski definition) is 0. The van der Waals surface area contributed by atoms with E-state index >= 15 is 0 Å². The Morgan fingerprint density at radius 1 is 1.56 bits per heavy atom. The van der Waals surface area contributed by atoms with Gasteiger partial charge in [-0.2, -0.15) is 0 Å². The van der Waals surface area contributed by atoms with Crippen LogP contribution in [0.4, 0.5) is 4.79 Å². The molecule has 0 aromatic carbocycles. The van der Waals surface area contributed by atoms with Gasteiger partial charge in [0.05, 0.1) is 6.61 Å². The molecule has 1 unspecified atom stereocenters. The smallest absolute Gasteiger partial charge is 0.409 e. The molecule has 0 aromatic heterocycles. The number of carbonyl (C=O) groups is 1. The quantitative estimate of drug-likeness (QED) is 0.450. The number of likely N-dealkylation sites (tertiary alicyclic amines) is 1. The summed E-state index contributed by atoms with van der Waals surface area (Å²) in [5.74, 6) is 0. The maximum atomic E-state index is 11.6. The highest BCUT2D eigenvalue weighted by Crippen LogP contribution is 2.48. The van der Waals surface area contributed by atoms with E-state index in [1.165, 1.54) is 19.3 Å². The lowest BCUT2D eigenvalue weighted by Crippen LogP contribution is -2.57. The van der Waals surface area contributed by atoms with Crippen molar-refractivity contribution >= 4 is 28.7 Å². The molecule has 1 aliphatic carbocycles. The predicted molar refractivity (Wildman–Crippen MR) is 71.9 cm³/mol. The van der Waals surface area contributed by atoms with Crippen molar-refractivity contribution in [3.8, 4) is 0 Å². The monoisotopic (exact) mass is 337 g/mol. The molecule has 2 aliphatic rings. The molecule has 1 aliphatic heterocycles. The Kier molecular flexibility index (Phi) is 3.97. The van der Waals surface area contributed by atoms with Gasteiger partial charge in [0.25, 0.3) is 0 Å². The molecule has 2 fully saturated rings. The van der Waals surface area contributed by atoms with Gasteiger partial charge in [0.15, 0.2) is 0 Å². The minimum Gasteiger partial charge on any atom is -0.449 e. The summed E-state index contributed by atoms with van der Waals surface area (Å²) in [6.45, 7) is 4.54. The maximum Gasteiger partial charge on any atom is 0.409 e. The van der Waals surface area contributed by atoms with Gasteiger partial charge in [0.1, 0.15) is 0 Å². The van der Waals surface area contributed by atoms with E-state index in [0.717, 1.165) is 29.9 Å². The molecule has 1 amide bonds. The first-order chi connectivity index (χ1) is 7.65. The first kappa shape index (κ1) is 12.5. The number of hydrogen-bond acceptors (Lipinski definition) is 2. The second-order valence-electron chi connectivity index (χ2n) is 5.16. The molecular formula is C12H20INO2. The number of unbranched alkanes of at least 4 members (excludes halogenated alkanes) is 1. The lowest BCUT2D eigenvalue weighted by atomic mass is 9.79. The molecule has 2 rings (SSSR count). The molecule has 1 spiro atoms. The van der Waals surface area contributed by atoms with E-state index in [9.17, 15) is 4.79 Å². The topological polar surface area (TPSA) is 29.5 Å². The molecule has 1 saturated carbocycles. The Labute approximate surface area is 111 Å². The lowest BCUT2D eigenvalue weighted by molar-refractivity contribution is 0.000524. The lowest BCUT2D eigenvalue weighted by Gasteiger charge is -2.47. The second kappa shape index (κ2) is 5.10. The number of ether oxygens (including phenoxy) is 1. The van der Waals surface area contributed by atoms with Gasteiger partial charge >= 0.3 is 6.09 Å².